The Labute approximate surface area is 149 Å². The molecule has 0 saturated carbocycles. The Bertz CT molecular complexity index is 649. The molecule has 1 aromatic rings. The van der Waals surface area contributed by atoms with Crippen LogP contribution in [0.5, 0.6) is 0 Å². The minimum absolute atomic E-state index is 0.115. The molecule has 5 heteroatoms. The van der Waals surface area contributed by atoms with E-state index in [-0.39, 0.29) is 23.9 Å². The molecule has 0 radical (unpaired) electrons. The minimum Gasteiger partial charge on any atom is -0.393 e. The number of anilines is 1. The summed E-state index contributed by atoms with van der Waals surface area (Å²) < 4.78 is 13.8. The highest BCUT2D eigenvalue weighted by molar-refractivity contribution is 5.93. The molecule has 2 rings (SSSR count). The Morgan fingerprint density at radius 2 is 2.00 bits per heavy atom. The predicted molar refractivity (Wildman–Crippen MR) is 99.1 cm³/mol. The van der Waals surface area contributed by atoms with Gasteiger partial charge in [-0.15, -0.1) is 0 Å². The number of aliphatic hydroxyl groups is 1. The summed E-state index contributed by atoms with van der Waals surface area (Å²) in [6.45, 7) is 9.13. The predicted octanol–water partition coefficient (Wildman–Crippen LogP) is 3.71. The first-order valence-corrected chi connectivity index (χ1v) is 9.03. The normalized spacial score (nSPS) is 17.9. The summed E-state index contributed by atoms with van der Waals surface area (Å²) in [7, 11) is 0. The van der Waals surface area contributed by atoms with Crippen molar-refractivity contribution in [1.82, 2.24) is 5.32 Å². The van der Waals surface area contributed by atoms with Crippen LogP contribution in [0.15, 0.2) is 29.3 Å². The van der Waals surface area contributed by atoms with Crippen LogP contribution in [0.1, 0.15) is 58.6 Å². The lowest BCUT2D eigenvalue weighted by Gasteiger charge is -2.34. The van der Waals surface area contributed by atoms with Crippen molar-refractivity contribution in [3.05, 3.63) is 40.7 Å². The largest absolute Gasteiger partial charge is 0.393 e. The number of hydrogen-bond donors (Lipinski definition) is 2. The standard InChI is InChI=1S/C20H29FN2O2/c1-5-13(2)14(3)20(25)22-15(4)18-12-16(21)6-7-19(18)23-10-8-17(24)9-11-23/h6-7,12,15,17,24H,5,8-11H2,1-4H3,(H,22,25)/b14-13-. The lowest BCUT2D eigenvalue weighted by atomic mass is 10.0. The van der Waals surface area contributed by atoms with Crippen LogP contribution in [-0.2, 0) is 4.79 Å². The molecule has 1 unspecified atom stereocenters. The van der Waals surface area contributed by atoms with Crippen LogP contribution in [0.25, 0.3) is 0 Å². The van der Waals surface area contributed by atoms with Crippen molar-refractivity contribution in [3.63, 3.8) is 0 Å². The molecule has 1 aliphatic rings. The molecule has 1 saturated heterocycles. The van der Waals surface area contributed by atoms with Crippen molar-refractivity contribution in [2.24, 2.45) is 0 Å². The van der Waals surface area contributed by atoms with Crippen LogP contribution in [0.2, 0.25) is 0 Å². The molecule has 4 nitrogen and oxygen atoms in total. The monoisotopic (exact) mass is 348 g/mol. The quantitative estimate of drug-likeness (QED) is 0.798. The topological polar surface area (TPSA) is 52.6 Å². The van der Waals surface area contributed by atoms with E-state index < -0.39 is 0 Å². The molecular formula is C20H29FN2O2. The Balaban J connectivity index is 2.22. The van der Waals surface area contributed by atoms with Crippen molar-refractivity contribution >= 4 is 11.6 Å². The molecule has 0 bridgehead atoms. The van der Waals surface area contributed by atoms with E-state index >= 15 is 0 Å². The molecule has 2 N–H and O–H groups in total. The smallest absolute Gasteiger partial charge is 0.247 e. The number of piperidine rings is 1. The summed E-state index contributed by atoms with van der Waals surface area (Å²) in [5, 5.41) is 12.7. The van der Waals surface area contributed by atoms with Crippen LogP contribution >= 0.6 is 0 Å². The summed E-state index contributed by atoms with van der Waals surface area (Å²) >= 11 is 0. The van der Waals surface area contributed by atoms with Gasteiger partial charge in [-0.2, -0.15) is 0 Å². The van der Waals surface area contributed by atoms with E-state index in [1.54, 1.807) is 6.07 Å². The van der Waals surface area contributed by atoms with Crippen molar-refractivity contribution in [1.29, 1.82) is 0 Å². The second-order valence-electron chi connectivity index (χ2n) is 6.88. The molecule has 138 valence electrons. The number of carbonyl (C=O) groups excluding carboxylic acids is 1. The van der Waals surface area contributed by atoms with Gasteiger partial charge in [0.15, 0.2) is 0 Å². The highest BCUT2D eigenvalue weighted by Crippen LogP contribution is 2.30. The fraction of sp³-hybridized carbons (Fsp3) is 0.550. The Kier molecular flexibility index (Phi) is 6.59. The average molecular weight is 348 g/mol. The van der Waals surface area contributed by atoms with Crippen molar-refractivity contribution in [2.45, 2.75) is 59.1 Å². The molecule has 1 heterocycles. The third-order valence-corrected chi connectivity index (χ3v) is 5.12. The van der Waals surface area contributed by atoms with Gasteiger partial charge in [0.25, 0.3) is 0 Å². The Morgan fingerprint density at radius 3 is 2.60 bits per heavy atom. The molecule has 1 aliphatic heterocycles. The van der Waals surface area contributed by atoms with Crippen LogP contribution in [0.3, 0.4) is 0 Å². The van der Waals surface area contributed by atoms with Crippen molar-refractivity contribution < 1.29 is 14.3 Å². The van der Waals surface area contributed by atoms with E-state index in [4.69, 9.17) is 0 Å². The summed E-state index contributed by atoms with van der Waals surface area (Å²) in [4.78, 5) is 14.6. The van der Waals surface area contributed by atoms with Crippen molar-refractivity contribution in [2.75, 3.05) is 18.0 Å². The van der Waals surface area contributed by atoms with Gasteiger partial charge in [0, 0.05) is 29.9 Å². The summed E-state index contributed by atoms with van der Waals surface area (Å²) in [6.07, 6.45) is 1.97. The number of carbonyl (C=O) groups is 1. The molecule has 1 fully saturated rings. The lowest BCUT2D eigenvalue weighted by molar-refractivity contribution is -0.118. The number of allylic oxidation sites excluding steroid dienone is 1. The highest BCUT2D eigenvalue weighted by atomic mass is 19.1. The maximum Gasteiger partial charge on any atom is 0.247 e. The zero-order valence-corrected chi connectivity index (χ0v) is 15.6. The van der Waals surface area contributed by atoms with Crippen molar-refractivity contribution in [3.8, 4) is 0 Å². The third kappa shape index (κ3) is 4.82. The fourth-order valence-electron chi connectivity index (χ4n) is 3.11. The first-order chi connectivity index (χ1) is 11.8. The van der Waals surface area contributed by atoms with Gasteiger partial charge in [-0.3, -0.25) is 4.79 Å². The SMILES string of the molecule is CC/C(C)=C(/C)C(=O)NC(C)c1cc(F)ccc1N1CCC(O)CC1. The van der Waals surface area contributed by atoms with Gasteiger partial charge >= 0.3 is 0 Å². The number of nitrogens with one attached hydrogen (secondary N) is 1. The number of nitrogens with zero attached hydrogens (tertiary/aromatic N) is 1. The molecule has 0 spiro atoms. The molecule has 1 amide bonds. The molecule has 1 atom stereocenters. The Morgan fingerprint density at radius 1 is 1.36 bits per heavy atom. The van der Waals surface area contributed by atoms with Gasteiger partial charge in [-0.25, -0.2) is 4.39 Å². The van der Waals surface area contributed by atoms with Crippen LogP contribution in [0, 0.1) is 5.82 Å². The molecule has 1 aromatic carbocycles. The zero-order chi connectivity index (χ0) is 18.6. The second-order valence-corrected chi connectivity index (χ2v) is 6.88. The molecular weight excluding hydrogens is 319 g/mol. The number of halogens is 1. The highest BCUT2D eigenvalue weighted by Gasteiger charge is 2.22. The van der Waals surface area contributed by atoms with E-state index in [0.29, 0.717) is 18.4 Å². The fourth-order valence-corrected chi connectivity index (χ4v) is 3.11. The van der Waals surface area contributed by atoms with E-state index in [2.05, 4.69) is 10.2 Å². The maximum absolute atomic E-state index is 13.8. The van der Waals surface area contributed by atoms with Crippen LogP contribution in [0.4, 0.5) is 10.1 Å². The maximum atomic E-state index is 13.8. The minimum atomic E-state index is -0.311. The number of rotatable bonds is 5. The van der Waals surface area contributed by atoms with Crippen LogP contribution in [-0.4, -0.2) is 30.2 Å². The van der Waals surface area contributed by atoms with E-state index in [1.165, 1.54) is 12.1 Å². The zero-order valence-electron chi connectivity index (χ0n) is 15.6. The summed E-state index contributed by atoms with van der Waals surface area (Å²) in [6, 6.07) is 4.41. The van der Waals surface area contributed by atoms with Gasteiger partial charge in [-0.05, 0) is 58.2 Å². The van der Waals surface area contributed by atoms with E-state index in [9.17, 15) is 14.3 Å². The van der Waals surface area contributed by atoms with Gasteiger partial charge in [-0.1, -0.05) is 12.5 Å². The molecule has 25 heavy (non-hydrogen) atoms. The molecule has 0 aliphatic carbocycles. The van der Waals surface area contributed by atoms with Crippen LogP contribution < -0.4 is 10.2 Å². The average Bonchev–Trinajstić information content (AvgIpc) is 2.61. The molecule has 0 aromatic heterocycles. The summed E-state index contributed by atoms with van der Waals surface area (Å²) in [5.74, 6) is -0.426. The van der Waals surface area contributed by atoms with E-state index in [0.717, 1.165) is 36.3 Å². The van der Waals surface area contributed by atoms with Gasteiger partial charge < -0.3 is 15.3 Å². The number of amides is 1. The first kappa shape index (κ1) is 19.4. The third-order valence-electron chi connectivity index (χ3n) is 5.12. The van der Waals surface area contributed by atoms with Gasteiger partial charge in [0.2, 0.25) is 5.91 Å². The number of hydrogen-bond acceptors (Lipinski definition) is 3. The number of aliphatic hydroxyl groups excluding tert-OH is 1. The van der Waals surface area contributed by atoms with E-state index in [1.807, 2.05) is 27.7 Å². The van der Waals surface area contributed by atoms with Gasteiger partial charge in [0.1, 0.15) is 5.82 Å². The summed E-state index contributed by atoms with van der Waals surface area (Å²) in [5.41, 5.74) is 3.46. The first-order valence-electron chi connectivity index (χ1n) is 9.03. The number of benzene rings is 1. The lowest BCUT2D eigenvalue weighted by Crippen LogP contribution is -2.37. The Hall–Kier alpha value is -1.88. The van der Waals surface area contributed by atoms with Gasteiger partial charge in [0.05, 0.1) is 12.1 Å². The second kappa shape index (κ2) is 8.48.